The van der Waals surface area contributed by atoms with Crippen LogP contribution in [0.5, 0.6) is 5.75 Å². The summed E-state index contributed by atoms with van der Waals surface area (Å²) < 4.78 is 0. The van der Waals surface area contributed by atoms with Gasteiger partial charge in [-0.1, -0.05) is 46.2 Å². The molecule has 7 N–H and O–H groups in total. The number of carbonyl (C=O) groups is 4. The van der Waals surface area contributed by atoms with Gasteiger partial charge in [0, 0.05) is 6.42 Å². The number of benzene rings is 1. The molecule has 1 rings (SSSR count). The highest BCUT2D eigenvalue weighted by Gasteiger charge is 2.33. The number of nitrogens with one attached hydrogen (secondary N) is 3. The van der Waals surface area contributed by atoms with E-state index in [0.717, 1.165) is 0 Å². The van der Waals surface area contributed by atoms with E-state index in [-0.39, 0.29) is 24.0 Å². The van der Waals surface area contributed by atoms with Gasteiger partial charge in [-0.25, -0.2) is 4.79 Å². The zero-order chi connectivity index (χ0) is 25.3. The molecular formula is C23H36N4O6. The van der Waals surface area contributed by atoms with Crippen molar-refractivity contribution in [3.63, 3.8) is 0 Å². The smallest absolute Gasteiger partial charge is 0.326 e. The molecule has 0 saturated carbocycles. The molecule has 0 bridgehead atoms. The molecule has 0 saturated heterocycles. The molecule has 5 unspecified atom stereocenters. The van der Waals surface area contributed by atoms with Gasteiger partial charge in [0.15, 0.2) is 0 Å². The number of phenolic OH excluding ortho intramolecular Hbond substituents is 1. The second-order valence-electron chi connectivity index (χ2n) is 8.66. The third-order valence-corrected chi connectivity index (χ3v) is 5.44. The van der Waals surface area contributed by atoms with Crippen molar-refractivity contribution in [3.05, 3.63) is 29.8 Å². The van der Waals surface area contributed by atoms with Gasteiger partial charge in [-0.2, -0.15) is 0 Å². The third kappa shape index (κ3) is 8.72. The van der Waals surface area contributed by atoms with Crippen LogP contribution in [0.1, 0.15) is 46.6 Å². The van der Waals surface area contributed by atoms with E-state index >= 15 is 0 Å². The predicted molar refractivity (Wildman–Crippen MR) is 123 cm³/mol. The molecule has 33 heavy (non-hydrogen) atoms. The zero-order valence-corrected chi connectivity index (χ0v) is 19.8. The first-order chi connectivity index (χ1) is 15.4. The highest BCUT2D eigenvalue weighted by Crippen LogP contribution is 2.13. The molecule has 10 heteroatoms. The molecule has 3 amide bonds. The summed E-state index contributed by atoms with van der Waals surface area (Å²) in [6.45, 7) is 8.62. The fraction of sp³-hybridized carbons (Fsp3) is 0.565. The Bertz CT molecular complexity index is 825. The van der Waals surface area contributed by atoms with E-state index < -0.39 is 47.9 Å². The minimum absolute atomic E-state index is 0.0000542. The van der Waals surface area contributed by atoms with Gasteiger partial charge in [-0.3, -0.25) is 14.4 Å². The van der Waals surface area contributed by atoms with Gasteiger partial charge in [0.2, 0.25) is 17.7 Å². The number of hydrogen-bond acceptors (Lipinski definition) is 6. The van der Waals surface area contributed by atoms with Crippen LogP contribution in [0.15, 0.2) is 24.3 Å². The summed E-state index contributed by atoms with van der Waals surface area (Å²) in [4.78, 5) is 49.7. The first kappa shape index (κ1) is 27.9. The van der Waals surface area contributed by atoms with Gasteiger partial charge in [-0.15, -0.1) is 0 Å². The lowest BCUT2D eigenvalue weighted by atomic mass is 9.96. The fourth-order valence-corrected chi connectivity index (χ4v) is 3.09. The minimum Gasteiger partial charge on any atom is -0.508 e. The molecular weight excluding hydrogens is 428 g/mol. The number of amides is 3. The van der Waals surface area contributed by atoms with Crippen LogP contribution in [0.3, 0.4) is 0 Å². The second-order valence-corrected chi connectivity index (χ2v) is 8.66. The van der Waals surface area contributed by atoms with Crippen LogP contribution in [-0.4, -0.2) is 58.1 Å². The summed E-state index contributed by atoms with van der Waals surface area (Å²) in [6, 6.07) is 2.05. The lowest BCUT2D eigenvalue weighted by Gasteiger charge is -2.29. The van der Waals surface area contributed by atoms with E-state index in [4.69, 9.17) is 5.73 Å². The summed E-state index contributed by atoms with van der Waals surface area (Å²) in [5.41, 5.74) is 6.21. The molecule has 0 fully saturated rings. The van der Waals surface area contributed by atoms with Crippen LogP contribution >= 0.6 is 0 Å². The Morgan fingerprint density at radius 3 is 1.85 bits per heavy atom. The number of carbonyl (C=O) groups excluding carboxylic acids is 3. The number of phenols is 1. The fourth-order valence-electron chi connectivity index (χ4n) is 3.09. The molecule has 0 aliphatic rings. The topological polar surface area (TPSA) is 171 Å². The Labute approximate surface area is 194 Å². The molecule has 5 atom stereocenters. The monoisotopic (exact) mass is 464 g/mol. The van der Waals surface area contributed by atoms with Crippen molar-refractivity contribution in [1.29, 1.82) is 0 Å². The third-order valence-electron chi connectivity index (χ3n) is 5.44. The molecule has 1 aromatic rings. The molecule has 0 aromatic heterocycles. The maximum Gasteiger partial charge on any atom is 0.326 e. The van der Waals surface area contributed by atoms with Gasteiger partial charge in [0.25, 0.3) is 0 Å². The van der Waals surface area contributed by atoms with Gasteiger partial charge in [0.1, 0.15) is 23.9 Å². The molecule has 0 radical (unpaired) electrons. The van der Waals surface area contributed by atoms with Crippen LogP contribution in [0, 0.1) is 11.8 Å². The number of carboxylic acids is 1. The Morgan fingerprint density at radius 1 is 0.879 bits per heavy atom. The van der Waals surface area contributed by atoms with Crippen molar-refractivity contribution in [2.24, 2.45) is 17.6 Å². The molecule has 0 heterocycles. The summed E-state index contributed by atoms with van der Waals surface area (Å²) in [7, 11) is 0. The Hall–Kier alpha value is -3.14. The normalized spacial score (nSPS) is 15.6. The van der Waals surface area contributed by atoms with E-state index in [1.54, 1.807) is 32.9 Å². The molecule has 0 aliphatic carbocycles. The van der Waals surface area contributed by atoms with E-state index in [1.165, 1.54) is 19.1 Å². The SMILES string of the molecule is CCC(C)C(NC(=O)C(C)N)C(=O)NC(C(=O)NC(Cc1ccc(O)cc1)C(=O)O)C(C)C. The average molecular weight is 465 g/mol. The first-order valence-corrected chi connectivity index (χ1v) is 11.0. The molecule has 0 spiro atoms. The van der Waals surface area contributed by atoms with Gasteiger partial charge < -0.3 is 31.9 Å². The van der Waals surface area contributed by atoms with Crippen LogP contribution in [0.2, 0.25) is 0 Å². The van der Waals surface area contributed by atoms with Crippen LogP contribution in [0.25, 0.3) is 0 Å². The number of aromatic hydroxyl groups is 1. The summed E-state index contributed by atoms with van der Waals surface area (Å²) in [5.74, 6) is -3.43. The lowest BCUT2D eigenvalue weighted by Crippen LogP contribution is -2.59. The van der Waals surface area contributed by atoms with E-state index in [1.807, 2.05) is 6.92 Å². The van der Waals surface area contributed by atoms with Crippen molar-refractivity contribution in [2.75, 3.05) is 0 Å². The van der Waals surface area contributed by atoms with Crippen molar-refractivity contribution in [1.82, 2.24) is 16.0 Å². The summed E-state index contributed by atoms with van der Waals surface area (Å²) in [6.07, 6.45) is 0.601. The maximum atomic E-state index is 13.0. The number of carboxylic acid groups (broad SMARTS) is 1. The molecule has 1 aromatic carbocycles. The predicted octanol–water partition coefficient (Wildman–Crippen LogP) is 0.523. The summed E-state index contributed by atoms with van der Waals surface area (Å²) >= 11 is 0. The molecule has 184 valence electrons. The van der Waals surface area contributed by atoms with Crippen molar-refractivity contribution in [3.8, 4) is 5.75 Å². The molecule has 10 nitrogen and oxygen atoms in total. The van der Waals surface area contributed by atoms with Crippen molar-refractivity contribution in [2.45, 2.75) is 71.6 Å². The van der Waals surface area contributed by atoms with Gasteiger partial charge in [-0.05, 0) is 36.5 Å². The van der Waals surface area contributed by atoms with Crippen molar-refractivity contribution >= 4 is 23.7 Å². The van der Waals surface area contributed by atoms with Crippen LogP contribution in [0.4, 0.5) is 0 Å². The number of hydrogen-bond donors (Lipinski definition) is 6. The van der Waals surface area contributed by atoms with Crippen LogP contribution in [-0.2, 0) is 25.6 Å². The van der Waals surface area contributed by atoms with Crippen LogP contribution < -0.4 is 21.7 Å². The quantitative estimate of drug-likeness (QED) is 0.262. The van der Waals surface area contributed by atoms with Crippen molar-refractivity contribution < 1.29 is 29.4 Å². The second kappa shape index (κ2) is 12.8. The standard InChI is InChI=1S/C23H36N4O6/c1-6-13(4)19(27-20(29)14(5)24)22(31)26-18(12(2)3)21(30)25-17(23(32)33)11-15-7-9-16(28)10-8-15/h7-10,12-14,17-19,28H,6,11,24H2,1-5H3,(H,25,30)(H,26,31)(H,27,29)(H,32,33). The number of aliphatic carboxylic acids is 1. The largest absolute Gasteiger partial charge is 0.508 e. The Morgan fingerprint density at radius 2 is 1.39 bits per heavy atom. The van der Waals surface area contributed by atoms with E-state index in [9.17, 15) is 29.4 Å². The Balaban J connectivity index is 2.98. The minimum atomic E-state index is -1.23. The van der Waals surface area contributed by atoms with E-state index in [2.05, 4.69) is 16.0 Å². The number of nitrogens with two attached hydrogens (primary N) is 1. The molecule has 0 aliphatic heterocycles. The zero-order valence-electron chi connectivity index (χ0n) is 19.8. The Kier molecular flexibility index (Phi) is 10.8. The lowest BCUT2D eigenvalue weighted by molar-refractivity contribution is -0.142. The average Bonchev–Trinajstić information content (AvgIpc) is 2.75. The first-order valence-electron chi connectivity index (χ1n) is 11.0. The van der Waals surface area contributed by atoms with Gasteiger partial charge >= 0.3 is 5.97 Å². The highest BCUT2D eigenvalue weighted by atomic mass is 16.4. The van der Waals surface area contributed by atoms with E-state index in [0.29, 0.717) is 12.0 Å². The van der Waals surface area contributed by atoms with Gasteiger partial charge in [0.05, 0.1) is 6.04 Å². The number of rotatable bonds is 12. The maximum absolute atomic E-state index is 13.0. The summed E-state index contributed by atoms with van der Waals surface area (Å²) in [5, 5.41) is 26.7. The highest BCUT2D eigenvalue weighted by molar-refractivity contribution is 5.94.